The number of aromatic nitrogens is 1. The van der Waals surface area contributed by atoms with E-state index in [2.05, 4.69) is 4.98 Å². The lowest BCUT2D eigenvalue weighted by Gasteiger charge is -2.33. The van der Waals surface area contributed by atoms with Gasteiger partial charge in [0.1, 0.15) is 0 Å². The van der Waals surface area contributed by atoms with Gasteiger partial charge in [0.2, 0.25) is 11.8 Å². The number of hydrogen-bond donors (Lipinski definition) is 0. The highest BCUT2D eigenvalue weighted by molar-refractivity contribution is 6.31. The number of carbonyl (C=O) groups excluding carboxylic acids is 2. The zero-order valence-corrected chi connectivity index (χ0v) is 18.4. The van der Waals surface area contributed by atoms with Crippen molar-refractivity contribution in [2.24, 2.45) is 5.92 Å². The first-order valence-corrected chi connectivity index (χ1v) is 11.1. The highest BCUT2D eigenvalue weighted by Gasteiger charge is 2.25. The number of hydrogen-bond acceptors (Lipinski definition) is 3. The first-order chi connectivity index (χ1) is 14.5. The maximum atomic E-state index is 12.7. The van der Waals surface area contributed by atoms with Crippen LogP contribution in [0.4, 0.5) is 0 Å². The Bertz CT molecular complexity index is 843. The molecule has 1 aliphatic rings. The molecule has 0 saturated carbocycles. The molecule has 1 aliphatic heterocycles. The summed E-state index contributed by atoms with van der Waals surface area (Å²) in [5, 5.41) is 0.638. The molecule has 2 amide bonds. The third-order valence-electron chi connectivity index (χ3n) is 5.79. The number of pyridine rings is 1. The van der Waals surface area contributed by atoms with Crippen LogP contribution in [0.2, 0.25) is 5.02 Å². The summed E-state index contributed by atoms with van der Waals surface area (Å²) in [6.07, 6.45) is 6.28. The molecule has 2 heterocycles. The van der Waals surface area contributed by atoms with Crippen molar-refractivity contribution in [3.05, 3.63) is 64.9 Å². The van der Waals surface area contributed by atoms with E-state index in [1.54, 1.807) is 11.1 Å². The van der Waals surface area contributed by atoms with E-state index in [9.17, 15) is 9.59 Å². The molecular formula is C24H30ClN3O2. The molecule has 1 saturated heterocycles. The molecule has 1 fully saturated rings. The first kappa shape index (κ1) is 22.3. The highest BCUT2D eigenvalue weighted by Crippen LogP contribution is 2.23. The predicted octanol–water partition coefficient (Wildman–Crippen LogP) is 4.00. The van der Waals surface area contributed by atoms with Gasteiger partial charge < -0.3 is 9.80 Å². The first-order valence-electron chi connectivity index (χ1n) is 10.7. The summed E-state index contributed by atoms with van der Waals surface area (Å²) in [5.74, 6) is 0.652. The van der Waals surface area contributed by atoms with Crippen LogP contribution in [0.5, 0.6) is 0 Å². The number of nitrogens with zero attached hydrogens (tertiary/aromatic N) is 3. The van der Waals surface area contributed by atoms with E-state index >= 15 is 0 Å². The van der Waals surface area contributed by atoms with Crippen molar-refractivity contribution >= 4 is 23.4 Å². The van der Waals surface area contributed by atoms with Gasteiger partial charge in [0.25, 0.3) is 0 Å². The Morgan fingerprint density at radius 2 is 2.00 bits per heavy atom. The number of piperidine rings is 1. The molecule has 0 radical (unpaired) electrons. The van der Waals surface area contributed by atoms with Crippen molar-refractivity contribution in [2.45, 2.75) is 38.5 Å². The minimum absolute atomic E-state index is 0.117. The summed E-state index contributed by atoms with van der Waals surface area (Å²) in [6, 6.07) is 13.3. The molecule has 30 heavy (non-hydrogen) atoms. The zero-order valence-electron chi connectivity index (χ0n) is 17.6. The molecule has 0 N–H and O–H groups in total. The molecule has 0 unspecified atom stereocenters. The number of rotatable bonds is 8. The second-order valence-corrected chi connectivity index (χ2v) is 8.45. The third kappa shape index (κ3) is 6.56. The van der Waals surface area contributed by atoms with Crippen molar-refractivity contribution in [1.29, 1.82) is 0 Å². The standard InChI is InChI=1S/C24H30ClN3O2/c1-27(16-13-21-9-4-5-14-26-21)23(29)12-11-19-7-6-15-28(18-19)24(30)17-20-8-2-3-10-22(20)25/h2-5,8-10,14,19H,6-7,11-13,15-18H2,1H3/t19-/m0/s1. The Labute approximate surface area is 184 Å². The minimum Gasteiger partial charge on any atom is -0.345 e. The molecule has 6 heteroatoms. The fourth-order valence-electron chi connectivity index (χ4n) is 3.92. The quantitative estimate of drug-likeness (QED) is 0.639. The second-order valence-electron chi connectivity index (χ2n) is 8.04. The van der Waals surface area contributed by atoms with E-state index in [1.165, 1.54) is 0 Å². The van der Waals surface area contributed by atoms with Gasteiger partial charge in [-0.2, -0.15) is 0 Å². The fraction of sp³-hybridized carbons (Fsp3) is 0.458. The fourth-order valence-corrected chi connectivity index (χ4v) is 4.12. The van der Waals surface area contributed by atoms with Crippen LogP contribution in [-0.2, 0) is 22.4 Å². The van der Waals surface area contributed by atoms with Gasteiger partial charge in [-0.05, 0) is 48.9 Å². The Kier molecular flexibility index (Phi) is 8.26. The Morgan fingerprint density at radius 3 is 2.77 bits per heavy atom. The second kappa shape index (κ2) is 11.1. The SMILES string of the molecule is CN(CCc1ccccn1)C(=O)CC[C@@H]1CCCN(C(=O)Cc2ccccc2Cl)C1. The number of halogens is 1. The molecule has 2 aromatic rings. The molecule has 0 spiro atoms. The van der Waals surface area contributed by atoms with Gasteiger partial charge in [-0.15, -0.1) is 0 Å². The van der Waals surface area contributed by atoms with Crippen LogP contribution in [-0.4, -0.2) is 53.3 Å². The average Bonchev–Trinajstić information content (AvgIpc) is 2.78. The smallest absolute Gasteiger partial charge is 0.227 e. The Morgan fingerprint density at radius 1 is 1.20 bits per heavy atom. The third-order valence-corrected chi connectivity index (χ3v) is 6.16. The van der Waals surface area contributed by atoms with Crippen LogP contribution in [0.1, 0.15) is 36.9 Å². The van der Waals surface area contributed by atoms with Crippen molar-refractivity contribution in [3.8, 4) is 0 Å². The number of likely N-dealkylation sites (N-methyl/N-ethyl adjacent to an activating group) is 1. The number of carbonyl (C=O) groups is 2. The summed E-state index contributed by atoms with van der Waals surface area (Å²) in [6.45, 7) is 2.19. The van der Waals surface area contributed by atoms with Crippen LogP contribution in [0.25, 0.3) is 0 Å². The summed E-state index contributed by atoms with van der Waals surface area (Å²) < 4.78 is 0. The average molecular weight is 428 g/mol. The Hall–Kier alpha value is -2.40. The van der Waals surface area contributed by atoms with Crippen LogP contribution < -0.4 is 0 Å². The van der Waals surface area contributed by atoms with Crippen molar-refractivity contribution < 1.29 is 9.59 Å². The molecule has 0 aliphatic carbocycles. The monoisotopic (exact) mass is 427 g/mol. The molecule has 160 valence electrons. The molecule has 0 bridgehead atoms. The van der Waals surface area contributed by atoms with Gasteiger partial charge in [-0.1, -0.05) is 35.9 Å². The minimum atomic E-state index is 0.117. The normalized spacial score (nSPS) is 16.3. The Balaban J connectivity index is 1.42. The van der Waals surface area contributed by atoms with Gasteiger partial charge in [0.15, 0.2) is 0 Å². The predicted molar refractivity (Wildman–Crippen MR) is 119 cm³/mol. The van der Waals surface area contributed by atoms with Crippen molar-refractivity contribution in [1.82, 2.24) is 14.8 Å². The van der Waals surface area contributed by atoms with Crippen molar-refractivity contribution in [2.75, 3.05) is 26.7 Å². The topological polar surface area (TPSA) is 53.5 Å². The van der Waals surface area contributed by atoms with E-state index in [4.69, 9.17) is 11.6 Å². The van der Waals surface area contributed by atoms with Crippen molar-refractivity contribution in [3.63, 3.8) is 0 Å². The lowest BCUT2D eigenvalue weighted by atomic mass is 9.92. The lowest BCUT2D eigenvalue weighted by Crippen LogP contribution is -2.41. The van der Waals surface area contributed by atoms with Gasteiger partial charge in [-0.25, -0.2) is 0 Å². The maximum absolute atomic E-state index is 12.7. The van der Waals surface area contributed by atoms with Gasteiger partial charge >= 0.3 is 0 Å². The molecule has 3 rings (SSSR count). The molecule has 1 atom stereocenters. The summed E-state index contributed by atoms with van der Waals surface area (Å²) in [5.41, 5.74) is 1.87. The summed E-state index contributed by atoms with van der Waals surface area (Å²) in [4.78, 5) is 33.3. The molecule has 5 nitrogen and oxygen atoms in total. The number of likely N-dealkylation sites (tertiary alicyclic amines) is 1. The molecule has 1 aromatic carbocycles. The summed E-state index contributed by atoms with van der Waals surface area (Å²) in [7, 11) is 1.85. The number of benzene rings is 1. The molecule has 1 aromatic heterocycles. The van der Waals surface area contributed by atoms with Gasteiger partial charge in [0, 0.05) is 56.4 Å². The zero-order chi connectivity index (χ0) is 21.3. The van der Waals surface area contributed by atoms with Gasteiger partial charge in [-0.3, -0.25) is 14.6 Å². The van der Waals surface area contributed by atoms with E-state index < -0.39 is 0 Å². The largest absolute Gasteiger partial charge is 0.345 e. The highest BCUT2D eigenvalue weighted by atomic mass is 35.5. The van der Waals surface area contributed by atoms with E-state index in [0.717, 1.165) is 50.0 Å². The van der Waals surface area contributed by atoms with E-state index in [0.29, 0.717) is 30.3 Å². The van der Waals surface area contributed by atoms with Crippen LogP contribution >= 0.6 is 11.6 Å². The molecular weight excluding hydrogens is 398 g/mol. The van der Waals surface area contributed by atoms with Crippen LogP contribution in [0, 0.1) is 5.92 Å². The van der Waals surface area contributed by atoms with E-state index in [1.807, 2.05) is 54.4 Å². The summed E-state index contributed by atoms with van der Waals surface area (Å²) >= 11 is 6.20. The number of amides is 2. The van der Waals surface area contributed by atoms with Crippen LogP contribution in [0.3, 0.4) is 0 Å². The lowest BCUT2D eigenvalue weighted by molar-refractivity contribution is -0.132. The van der Waals surface area contributed by atoms with Crippen LogP contribution in [0.15, 0.2) is 48.7 Å². The maximum Gasteiger partial charge on any atom is 0.227 e. The van der Waals surface area contributed by atoms with E-state index in [-0.39, 0.29) is 11.8 Å². The van der Waals surface area contributed by atoms with Gasteiger partial charge in [0.05, 0.1) is 6.42 Å².